The number of phenolic OH excluding ortho intramolecular Hbond substituents is 1. The normalized spacial score (nSPS) is 22.3. The van der Waals surface area contributed by atoms with Gasteiger partial charge in [0.15, 0.2) is 5.82 Å². The maximum Gasteiger partial charge on any atom is 0.410 e. The number of aromatic nitrogens is 3. The number of hydrogen-bond donors (Lipinski definition) is 1. The van der Waals surface area contributed by atoms with Gasteiger partial charge in [0.2, 0.25) is 0 Å². The lowest BCUT2D eigenvalue weighted by Crippen LogP contribution is -2.56. The first-order chi connectivity index (χ1) is 25.2. The number of unbranched alkanes of at least 4 members (excludes halogenated alkanes) is 2. The zero-order valence-corrected chi connectivity index (χ0v) is 29.5. The molecule has 10 nitrogen and oxygen atoms in total. The molecule has 2 aromatic carbocycles. The molecular formula is C39H43F3N6O4. The number of fused-ring (bicyclic) bond motifs is 5. The first kappa shape index (κ1) is 35.6. The zero-order valence-electron chi connectivity index (χ0n) is 29.5. The molecule has 0 saturated carbocycles. The molecule has 8 rings (SSSR count). The van der Waals surface area contributed by atoms with Gasteiger partial charge < -0.3 is 19.5 Å². The molecule has 2 aromatic heterocycles. The largest absolute Gasteiger partial charge is 0.508 e. The first-order valence-corrected chi connectivity index (χ1v) is 18.1. The maximum atomic E-state index is 16.4. The number of anilines is 1. The van der Waals surface area contributed by atoms with Crippen molar-refractivity contribution in [2.24, 2.45) is 0 Å². The van der Waals surface area contributed by atoms with Crippen molar-refractivity contribution in [1.82, 2.24) is 24.8 Å². The number of carbonyl (C=O) groups is 1. The van der Waals surface area contributed by atoms with Gasteiger partial charge in [-0.3, -0.25) is 14.8 Å². The second-order valence-electron chi connectivity index (χ2n) is 14.0. The van der Waals surface area contributed by atoms with Crippen LogP contribution in [-0.4, -0.2) is 100 Å². The number of benzene rings is 2. The standard InChI is InChI=1S/C32H31F2N5O4.C7H12FN/c1-4-6-7-12-43-32(41)39-19-9-10-20(39)17-38(16-19)30-24-15-35-28(27(34)29(24)36-31(37-30)42-3)23-14-21(40)13-18-8-11-25(33)22(5-2)26(18)23;8-6-4-7-2-1-3-9(7)5-6/h2,8,11,13-15,19-20,40H,4,6-7,9-10,12,16-17H2,1,3H3;6-7H,1-5H2/t;6-,7?/m.1/s1. The summed E-state index contributed by atoms with van der Waals surface area (Å²) in [7, 11) is 1.39. The minimum atomic E-state index is -0.796. The molecule has 1 N–H and O–H groups in total. The van der Waals surface area contributed by atoms with Gasteiger partial charge in [-0.1, -0.05) is 31.8 Å². The number of nitrogens with zero attached hydrogens (tertiary/aromatic N) is 6. The minimum Gasteiger partial charge on any atom is -0.508 e. The molecule has 0 aliphatic carbocycles. The molecule has 4 aliphatic rings. The van der Waals surface area contributed by atoms with Gasteiger partial charge in [0, 0.05) is 42.8 Å². The van der Waals surface area contributed by atoms with Crippen LogP contribution in [0.5, 0.6) is 11.8 Å². The third kappa shape index (κ3) is 6.76. The van der Waals surface area contributed by atoms with E-state index in [1.165, 1.54) is 50.4 Å². The highest BCUT2D eigenvalue weighted by Gasteiger charge is 2.44. The molecule has 3 unspecified atom stereocenters. The van der Waals surface area contributed by atoms with E-state index < -0.39 is 17.8 Å². The fourth-order valence-corrected chi connectivity index (χ4v) is 8.28. The van der Waals surface area contributed by atoms with E-state index in [0.717, 1.165) is 45.1 Å². The number of aromatic hydroxyl groups is 1. The third-order valence-corrected chi connectivity index (χ3v) is 10.7. The quantitative estimate of drug-likeness (QED) is 0.160. The number of piperazine rings is 1. The van der Waals surface area contributed by atoms with Gasteiger partial charge in [-0.15, -0.1) is 6.42 Å². The van der Waals surface area contributed by atoms with E-state index in [1.807, 2.05) is 9.80 Å². The van der Waals surface area contributed by atoms with Crippen molar-refractivity contribution >= 4 is 33.6 Å². The summed E-state index contributed by atoms with van der Waals surface area (Å²) < 4.78 is 54.6. The number of hydrogen-bond acceptors (Lipinski definition) is 9. The Morgan fingerprint density at radius 2 is 1.87 bits per heavy atom. The third-order valence-electron chi connectivity index (χ3n) is 10.7. The van der Waals surface area contributed by atoms with Crippen LogP contribution in [0.4, 0.5) is 23.8 Å². The van der Waals surface area contributed by atoms with Crippen molar-refractivity contribution < 1.29 is 32.5 Å². The van der Waals surface area contributed by atoms with Crippen LogP contribution in [-0.2, 0) is 4.74 Å². The predicted octanol–water partition coefficient (Wildman–Crippen LogP) is 6.99. The van der Waals surface area contributed by atoms with Crippen LogP contribution in [0.1, 0.15) is 63.9 Å². The fourth-order valence-electron chi connectivity index (χ4n) is 8.28. The van der Waals surface area contributed by atoms with Crippen molar-refractivity contribution in [3.05, 3.63) is 47.7 Å². The Hall–Kier alpha value is -4.83. The van der Waals surface area contributed by atoms with Gasteiger partial charge in [0.1, 0.15) is 34.8 Å². The Balaban J connectivity index is 0.000000404. The molecule has 274 valence electrons. The van der Waals surface area contributed by atoms with Gasteiger partial charge in [-0.25, -0.2) is 18.0 Å². The fraction of sp³-hybridized carbons (Fsp3) is 0.487. The Kier molecular flexibility index (Phi) is 10.3. The van der Waals surface area contributed by atoms with Crippen LogP contribution in [0.2, 0.25) is 0 Å². The van der Waals surface area contributed by atoms with Crippen LogP contribution in [0.15, 0.2) is 30.5 Å². The molecule has 6 heterocycles. The molecule has 13 heteroatoms. The summed E-state index contributed by atoms with van der Waals surface area (Å²) in [5, 5.41) is 11.4. The number of halogens is 3. The zero-order chi connectivity index (χ0) is 36.5. The van der Waals surface area contributed by atoms with Crippen molar-refractivity contribution in [3.8, 4) is 35.4 Å². The molecule has 0 spiro atoms. The molecular weight excluding hydrogens is 673 g/mol. The van der Waals surface area contributed by atoms with E-state index in [1.54, 1.807) is 0 Å². The summed E-state index contributed by atoms with van der Waals surface area (Å²) >= 11 is 0. The summed E-state index contributed by atoms with van der Waals surface area (Å²) in [6.07, 6.45) is 14.1. The molecule has 4 saturated heterocycles. The van der Waals surface area contributed by atoms with Crippen molar-refractivity contribution in [3.63, 3.8) is 0 Å². The lowest BCUT2D eigenvalue weighted by atomic mass is 9.96. The van der Waals surface area contributed by atoms with Crippen molar-refractivity contribution in [2.75, 3.05) is 44.8 Å². The van der Waals surface area contributed by atoms with Crippen molar-refractivity contribution in [1.29, 1.82) is 0 Å². The Morgan fingerprint density at radius 3 is 2.58 bits per heavy atom. The molecule has 4 aromatic rings. The Bertz CT molecular complexity index is 2000. The highest BCUT2D eigenvalue weighted by molar-refractivity contribution is 6.03. The van der Waals surface area contributed by atoms with E-state index in [0.29, 0.717) is 48.9 Å². The second kappa shape index (κ2) is 15.0. The van der Waals surface area contributed by atoms with Gasteiger partial charge in [-0.05, 0) is 68.7 Å². The average molecular weight is 717 g/mol. The summed E-state index contributed by atoms with van der Waals surface area (Å²) in [5.74, 6) is 1.18. The number of methoxy groups -OCH3 is 1. The second-order valence-corrected chi connectivity index (χ2v) is 14.0. The predicted molar refractivity (Wildman–Crippen MR) is 192 cm³/mol. The SMILES string of the molecule is C#Cc1c(F)ccc2cc(O)cc(-c3ncc4c(N5CC6CCC(C5)N6C(=O)OCCCCC)nc(OC)nc4c3F)c12.F[C@@H]1CC2CCCN2C1. The molecule has 4 atom stereocenters. The molecule has 52 heavy (non-hydrogen) atoms. The van der Waals surface area contributed by atoms with Crippen LogP contribution >= 0.6 is 0 Å². The van der Waals surface area contributed by atoms with Gasteiger partial charge in [0.05, 0.1) is 36.8 Å². The van der Waals surface area contributed by atoms with E-state index >= 15 is 4.39 Å². The molecule has 1 amide bonds. The minimum absolute atomic E-state index is 0.0419. The average Bonchev–Trinajstić information content (AvgIpc) is 3.80. The number of carbonyl (C=O) groups excluding carboxylic acids is 1. The summed E-state index contributed by atoms with van der Waals surface area (Å²) in [4.78, 5) is 32.3. The number of alkyl halides is 1. The molecule has 4 fully saturated rings. The number of ether oxygens (including phenoxy) is 2. The number of pyridine rings is 1. The lowest BCUT2D eigenvalue weighted by Gasteiger charge is -2.41. The smallest absolute Gasteiger partial charge is 0.410 e. The highest BCUT2D eigenvalue weighted by Crippen LogP contribution is 2.40. The van der Waals surface area contributed by atoms with Gasteiger partial charge >= 0.3 is 12.1 Å². The number of rotatable bonds is 7. The van der Waals surface area contributed by atoms with Crippen LogP contribution in [0.25, 0.3) is 32.9 Å². The van der Waals surface area contributed by atoms with Crippen molar-refractivity contribution in [2.45, 2.75) is 82.6 Å². The topological polar surface area (TPSA) is 104 Å². The molecule has 4 aliphatic heterocycles. The lowest BCUT2D eigenvalue weighted by molar-refractivity contribution is 0.0773. The number of phenols is 1. The van der Waals surface area contributed by atoms with Crippen LogP contribution in [0.3, 0.4) is 0 Å². The maximum absolute atomic E-state index is 16.4. The number of terminal acetylenes is 1. The molecule has 2 bridgehead atoms. The van der Waals surface area contributed by atoms with Gasteiger partial charge in [-0.2, -0.15) is 9.97 Å². The van der Waals surface area contributed by atoms with E-state index in [2.05, 4.69) is 32.7 Å². The summed E-state index contributed by atoms with van der Waals surface area (Å²) in [6, 6.07) is 5.80. The van der Waals surface area contributed by atoms with Gasteiger partial charge in [0.25, 0.3) is 0 Å². The highest BCUT2D eigenvalue weighted by atomic mass is 19.1. The van der Waals surface area contributed by atoms with E-state index in [9.17, 15) is 18.7 Å². The number of amides is 1. The molecule has 0 radical (unpaired) electrons. The van der Waals surface area contributed by atoms with Crippen LogP contribution in [0, 0.1) is 24.0 Å². The summed E-state index contributed by atoms with van der Waals surface area (Å²) in [6.45, 7) is 5.30. The van der Waals surface area contributed by atoms with Crippen LogP contribution < -0.4 is 9.64 Å². The first-order valence-electron chi connectivity index (χ1n) is 18.1. The monoisotopic (exact) mass is 716 g/mol. The van der Waals surface area contributed by atoms with E-state index in [-0.39, 0.29) is 57.7 Å². The van der Waals surface area contributed by atoms with E-state index in [4.69, 9.17) is 15.9 Å². The Morgan fingerprint density at radius 1 is 1.08 bits per heavy atom. The summed E-state index contributed by atoms with van der Waals surface area (Å²) in [5.41, 5.74) is -0.137. The Labute approximate surface area is 300 Å².